The van der Waals surface area contributed by atoms with E-state index in [4.69, 9.17) is 5.73 Å². The molecule has 2 nitrogen and oxygen atoms in total. The third-order valence-corrected chi connectivity index (χ3v) is 2.07. The molecule has 0 fully saturated rings. The van der Waals surface area contributed by atoms with Gasteiger partial charge < -0.3 is 10.6 Å². The molecule has 0 bridgehead atoms. The van der Waals surface area contributed by atoms with E-state index in [0.717, 1.165) is 25.2 Å². The number of hydrogen-bond donors (Lipinski definition) is 1. The van der Waals surface area contributed by atoms with Crippen molar-refractivity contribution in [3.8, 4) is 0 Å². The fourth-order valence-electron chi connectivity index (χ4n) is 1.47. The van der Waals surface area contributed by atoms with Gasteiger partial charge in [-0.05, 0) is 24.6 Å². The van der Waals surface area contributed by atoms with Crippen LogP contribution in [0.15, 0.2) is 24.3 Å². The van der Waals surface area contributed by atoms with Crippen LogP contribution in [0.5, 0.6) is 0 Å². The first-order valence-corrected chi connectivity index (χ1v) is 4.98. The summed E-state index contributed by atoms with van der Waals surface area (Å²) in [6.45, 7) is 4.39. The lowest BCUT2D eigenvalue weighted by Crippen LogP contribution is -2.30. The molecule has 3 heteroatoms. The fourth-order valence-corrected chi connectivity index (χ4v) is 1.47. The van der Waals surface area contributed by atoms with E-state index < -0.39 is 0 Å². The van der Waals surface area contributed by atoms with Crippen molar-refractivity contribution < 1.29 is 4.39 Å². The minimum Gasteiger partial charge on any atom is -0.370 e. The number of halogens is 1. The average Bonchev–Trinajstić information content (AvgIpc) is 2.17. The van der Waals surface area contributed by atoms with Gasteiger partial charge in [-0.3, -0.25) is 0 Å². The molecule has 2 N–H and O–H groups in total. The number of nitrogens with two attached hydrogens (primary N) is 1. The zero-order chi connectivity index (χ0) is 10.4. The van der Waals surface area contributed by atoms with Crippen LogP contribution in [-0.2, 0) is 0 Å². The molecule has 1 aromatic carbocycles. The van der Waals surface area contributed by atoms with E-state index in [1.807, 2.05) is 6.07 Å². The molecule has 0 spiro atoms. The Hall–Kier alpha value is -1.09. The molecule has 0 unspecified atom stereocenters. The van der Waals surface area contributed by atoms with Crippen LogP contribution in [0.4, 0.5) is 10.1 Å². The molecular weight excluding hydrogens is 179 g/mol. The van der Waals surface area contributed by atoms with Crippen LogP contribution in [0.3, 0.4) is 0 Å². The van der Waals surface area contributed by atoms with Gasteiger partial charge in [0.15, 0.2) is 0 Å². The van der Waals surface area contributed by atoms with Gasteiger partial charge in [0.1, 0.15) is 5.82 Å². The molecule has 14 heavy (non-hydrogen) atoms. The molecule has 0 aliphatic heterocycles. The highest BCUT2D eigenvalue weighted by molar-refractivity contribution is 5.46. The Bertz CT molecular complexity index is 270. The SMILES string of the molecule is CCCN(CCN)c1cccc(F)c1. The summed E-state index contributed by atoms with van der Waals surface area (Å²) in [5, 5.41) is 0. The van der Waals surface area contributed by atoms with Crippen LogP contribution in [0.2, 0.25) is 0 Å². The minimum atomic E-state index is -0.194. The number of benzene rings is 1. The molecular formula is C11H17FN2. The molecule has 0 aromatic heterocycles. The van der Waals surface area contributed by atoms with Crippen molar-refractivity contribution in [2.24, 2.45) is 5.73 Å². The van der Waals surface area contributed by atoms with Crippen molar-refractivity contribution in [3.05, 3.63) is 30.1 Å². The van der Waals surface area contributed by atoms with Crippen molar-refractivity contribution in [1.82, 2.24) is 0 Å². The number of rotatable bonds is 5. The van der Waals surface area contributed by atoms with Crippen molar-refractivity contribution in [2.45, 2.75) is 13.3 Å². The quantitative estimate of drug-likeness (QED) is 0.780. The number of nitrogens with zero attached hydrogens (tertiary/aromatic N) is 1. The smallest absolute Gasteiger partial charge is 0.125 e. The first kappa shape index (κ1) is 11.0. The zero-order valence-corrected chi connectivity index (χ0v) is 8.54. The van der Waals surface area contributed by atoms with E-state index in [9.17, 15) is 4.39 Å². The zero-order valence-electron chi connectivity index (χ0n) is 8.54. The minimum absolute atomic E-state index is 0.194. The Morgan fingerprint density at radius 1 is 1.36 bits per heavy atom. The standard InChI is InChI=1S/C11H17FN2/c1-2-7-14(8-6-13)11-5-3-4-10(12)9-11/h3-5,9H,2,6-8,13H2,1H3. The first-order chi connectivity index (χ1) is 6.77. The second kappa shape index (κ2) is 5.60. The number of anilines is 1. The van der Waals surface area contributed by atoms with Crippen molar-refractivity contribution in [2.75, 3.05) is 24.5 Å². The average molecular weight is 196 g/mol. The van der Waals surface area contributed by atoms with Crippen LogP contribution in [0.1, 0.15) is 13.3 Å². The Morgan fingerprint density at radius 3 is 2.71 bits per heavy atom. The normalized spacial score (nSPS) is 10.2. The summed E-state index contributed by atoms with van der Waals surface area (Å²) in [7, 11) is 0. The second-order valence-corrected chi connectivity index (χ2v) is 3.26. The van der Waals surface area contributed by atoms with Crippen LogP contribution in [0, 0.1) is 5.82 Å². The molecule has 78 valence electrons. The van der Waals surface area contributed by atoms with Gasteiger partial charge in [0, 0.05) is 25.3 Å². The predicted octanol–water partition coefficient (Wildman–Crippen LogP) is 2.00. The molecule has 0 radical (unpaired) electrons. The van der Waals surface area contributed by atoms with Crippen molar-refractivity contribution in [3.63, 3.8) is 0 Å². The lowest BCUT2D eigenvalue weighted by Gasteiger charge is -2.23. The Balaban J connectivity index is 2.75. The van der Waals surface area contributed by atoms with Crippen LogP contribution < -0.4 is 10.6 Å². The highest BCUT2D eigenvalue weighted by Gasteiger charge is 2.04. The van der Waals surface area contributed by atoms with E-state index in [-0.39, 0.29) is 5.82 Å². The molecule has 0 heterocycles. The van der Waals surface area contributed by atoms with Crippen LogP contribution >= 0.6 is 0 Å². The number of hydrogen-bond acceptors (Lipinski definition) is 2. The summed E-state index contributed by atoms with van der Waals surface area (Å²) < 4.78 is 13.0. The van der Waals surface area contributed by atoms with E-state index in [1.165, 1.54) is 6.07 Å². The second-order valence-electron chi connectivity index (χ2n) is 3.26. The maximum absolute atomic E-state index is 13.0. The van der Waals surface area contributed by atoms with E-state index >= 15 is 0 Å². The Morgan fingerprint density at radius 2 is 2.14 bits per heavy atom. The van der Waals surface area contributed by atoms with Gasteiger partial charge in [0.25, 0.3) is 0 Å². The van der Waals surface area contributed by atoms with Gasteiger partial charge in [-0.2, -0.15) is 0 Å². The molecule has 0 aliphatic rings. The molecule has 1 rings (SSSR count). The highest BCUT2D eigenvalue weighted by Crippen LogP contribution is 2.15. The predicted molar refractivity (Wildman–Crippen MR) is 58.0 cm³/mol. The van der Waals surface area contributed by atoms with E-state index in [2.05, 4.69) is 11.8 Å². The van der Waals surface area contributed by atoms with Gasteiger partial charge in [0.05, 0.1) is 0 Å². The lowest BCUT2D eigenvalue weighted by molar-refractivity contribution is 0.626. The first-order valence-electron chi connectivity index (χ1n) is 4.98. The maximum Gasteiger partial charge on any atom is 0.125 e. The van der Waals surface area contributed by atoms with Gasteiger partial charge in [-0.15, -0.1) is 0 Å². The summed E-state index contributed by atoms with van der Waals surface area (Å²) in [5.74, 6) is -0.194. The van der Waals surface area contributed by atoms with Gasteiger partial charge in [-0.25, -0.2) is 4.39 Å². The topological polar surface area (TPSA) is 29.3 Å². The molecule has 0 atom stereocenters. The lowest BCUT2D eigenvalue weighted by atomic mass is 10.2. The highest BCUT2D eigenvalue weighted by atomic mass is 19.1. The summed E-state index contributed by atoms with van der Waals surface area (Å²) in [4.78, 5) is 2.10. The van der Waals surface area contributed by atoms with Gasteiger partial charge in [0.2, 0.25) is 0 Å². The van der Waals surface area contributed by atoms with Crippen molar-refractivity contribution in [1.29, 1.82) is 0 Å². The van der Waals surface area contributed by atoms with E-state index in [0.29, 0.717) is 6.54 Å². The summed E-state index contributed by atoms with van der Waals surface area (Å²) >= 11 is 0. The van der Waals surface area contributed by atoms with E-state index in [1.54, 1.807) is 12.1 Å². The Labute approximate surface area is 84.5 Å². The third kappa shape index (κ3) is 3.00. The summed E-state index contributed by atoms with van der Waals surface area (Å²) in [6, 6.07) is 6.64. The molecule has 0 aliphatic carbocycles. The largest absolute Gasteiger partial charge is 0.370 e. The molecule has 0 amide bonds. The summed E-state index contributed by atoms with van der Waals surface area (Å²) in [6.07, 6.45) is 1.04. The van der Waals surface area contributed by atoms with Crippen LogP contribution in [0.25, 0.3) is 0 Å². The Kier molecular flexibility index (Phi) is 4.40. The third-order valence-electron chi connectivity index (χ3n) is 2.07. The van der Waals surface area contributed by atoms with Crippen LogP contribution in [-0.4, -0.2) is 19.6 Å². The fraction of sp³-hybridized carbons (Fsp3) is 0.455. The van der Waals surface area contributed by atoms with Gasteiger partial charge in [-0.1, -0.05) is 13.0 Å². The van der Waals surface area contributed by atoms with Gasteiger partial charge >= 0.3 is 0 Å². The molecule has 0 saturated carbocycles. The van der Waals surface area contributed by atoms with Crippen molar-refractivity contribution >= 4 is 5.69 Å². The molecule has 0 saturated heterocycles. The monoisotopic (exact) mass is 196 g/mol. The molecule has 1 aromatic rings. The maximum atomic E-state index is 13.0. The summed E-state index contributed by atoms with van der Waals surface area (Å²) in [5.41, 5.74) is 6.41.